The zero-order valence-electron chi connectivity index (χ0n) is 9.90. The SMILES string of the molecule is Nc1ccc([N+](=O)[O-])cc1S(=O)(=O)NC1CCOC1. The summed E-state index contributed by atoms with van der Waals surface area (Å²) in [4.78, 5) is 9.71. The highest BCUT2D eigenvalue weighted by atomic mass is 32.2. The maximum Gasteiger partial charge on any atom is 0.270 e. The number of benzene rings is 1. The Kier molecular flexibility index (Phi) is 3.69. The van der Waals surface area contributed by atoms with Gasteiger partial charge in [-0.05, 0) is 12.5 Å². The van der Waals surface area contributed by atoms with Crippen molar-refractivity contribution in [1.82, 2.24) is 4.72 Å². The van der Waals surface area contributed by atoms with Crippen LogP contribution in [0.4, 0.5) is 11.4 Å². The molecule has 0 radical (unpaired) electrons. The van der Waals surface area contributed by atoms with Crippen LogP contribution in [0, 0.1) is 10.1 Å². The molecule has 0 aromatic heterocycles. The van der Waals surface area contributed by atoms with E-state index in [1.165, 1.54) is 6.07 Å². The number of hydrogen-bond acceptors (Lipinski definition) is 6. The Morgan fingerprint density at radius 2 is 2.21 bits per heavy atom. The first kappa shape index (κ1) is 13.7. The molecule has 1 heterocycles. The molecule has 1 aromatic rings. The zero-order valence-corrected chi connectivity index (χ0v) is 10.7. The van der Waals surface area contributed by atoms with E-state index in [1.54, 1.807) is 0 Å². The van der Waals surface area contributed by atoms with Crippen LogP contribution < -0.4 is 10.5 Å². The molecular formula is C10H13N3O5S. The second-order valence-corrected chi connectivity index (χ2v) is 5.84. The molecule has 1 atom stereocenters. The molecule has 0 spiro atoms. The summed E-state index contributed by atoms with van der Waals surface area (Å²) in [6.45, 7) is 0.770. The highest BCUT2D eigenvalue weighted by molar-refractivity contribution is 7.89. The van der Waals surface area contributed by atoms with Crippen LogP contribution in [-0.2, 0) is 14.8 Å². The minimum atomic E-state index is -3.89. The molecule has 0 saturated carbocycles. The summed E-state index contributed by atoms with van der Waals surface area (Å²) in [7, 11) is -3.89. The molecule has 1 aromatic carbocycles. The fourth-order valence-electron chi connectivity index (χ4n) is 1.78. The van der Waals surface area contributed by atoms with Gasteiger partial charge in [-0.25, -0.2) is 13.1 Å². The summed E-state index contributed by atoms with van der Waals surface area (Å²) in [5.41, 5.74) is 5.22. The molecule has 9 heteroatoms. The summed E-state index contributed by atoms with van der Waals surface area (Å²) >= 11 is 0. The maximum absolute atomic E-state index is 12.1. The van der Waals surface area contributed by atoms with Crippen molar-refractivity contribution in [3.8, 4) is 0 Å². The molecule has 104 valence electrons. The van der Waals surface area contributed by atoms with Crippen molar-refractivity contribution >= 4 is 21.4 Å². The van der Waals surface area contributed by atoms with Crippen molar-refractivity contribution in [3.63, 3.8) is 0 Å². The average Bonchev–Trinajstić information content (AvgIpc) is 2.81. The fourth-order valence-corrected chi connectivity index (χ4v) is 3.19. The van der Waals surface area contributed by atoms with E-state index < -0.39 is 14.9 Å². The third kappa shape index (κ3) is 3.00. The van der Waals surface area contributed by atoms with Gasteiger partial charge in [-0.3, -0.25) is 10.1 Å². The lowest BCUT2D eigenvalue weighted by molar-refractivity contribution is -0.385. The van der Waals surface area contributed by atoms with Gasteiger partial charge in [0.15, 0.2) is 0 Å². The van der Waals surface area contributed by atoms with Crippen LogP contribution in [0.3, 0.4) is 0 Å². The van der Waals surface area contributed by atoms with E-state index in [0.717, 1.165) is 12.1 Å². The molecule has 3 N–H and O–H groups in total. The average molecular weight is 287 g/mol. The van der Waals surface area contributed by atoms with E-state index in [4.69, 9.17) is 10.5 Å². The van der Waals surface area contributed by atoms with Crippen LogP contribution in [0.25, 0.3) is 0 Å². The van der Waals surface area contributed by atoms with E-state index in [2.05, 4.69) is 4.72 Å². The summed E-state index contributed by atoms with van der Waals surface area (Å²) in [5.74, 6) is 0. The summed E-state index contributed by atoms with van der Waals surface area (Å²) in [6, 6.07) is 2.99. The third-order valence-corrected chi connectivity index (χ3v) is 4.33. The van der Waals surface area contributed by atoms with Crippen molar-refractivity contribution in [2.24, 2.45) is 0 Å². The quantitative estimate of drug-likeness (QED) is 0.464. The summed E-state index contributed by atoms with van der Waals surface area (Å²) in [6.07, 6.45) is 0.564. The first-order valence-electron chi connectivity index (χ1n) is 5.54. The number of sulfonamides is 1. The van der Waals surface area contributed by atoms with Crippen molar-refractivity contribution in [2.75, 3.05) is 18.9 Å². The minimum absolute atomic E-state index is 0.0305. The van der Waals surface area contributed by atoms with Gasteiger partial charge in [0.05, 0.1) is 17.2 Å². The van der Waals surface area contributed by atoms with Crippen LogP contribution in [-0.4, -0.2) is 32.6 Å². The lowest BCUT2D eigenvalue weighted by Crippen LogP contribution is -2.35. The molecule has 0 aliphatic carbocycles. The van der Waals surface area contributed by atoms with Gasteiger partial charge in [0.1, 0.15) is 4.90 Å². The van der Waals surface area contributed by atoms with Crippen molar-refractivity contribution in [2.45, 2.75) is 17.4 Å². The highest BCUT2D eigenvalue weighted by Gasteiger charge is 2.26. The standard InChI is InChI=1S/C10H13N3O5S/c11-9-2-1-8(13(14)15)5-10(9)19(16,17)12-7-3-4-18-6-7/h1-2,5,7,12H,3-4,6,11H2. The van der Waals surface area contributed by atoms with Gasteiger partial charge >= 0.3 is 0 Å². The topological polar surface area (TPSA) is 125 Å². The number of nitro groups is 1. The molecule has 0 amide bonds. The number of anilines is 1. The predicted octanol–water partition coefficient (Wildman–Crippen LogP) is 0.244. The molecule has 1 aliphatic rings. The monoisotopic (exact) mass is 287 g/mol. The van der Waals surface area contributed by atoms with Gasteiger partial charge in [0, 0.05) is 24.8 Å². The molecule has 1 aliphatic heterocycles. The Hall–Kier alpha value is -1.71. The molecule has 19 heavy (non-hydrogen) atoms. The number of hydrogen-bond donors (Lipinski definition) is 2. The summed E-state index contributed by atoms with van der Waals surface area (Å²) < 4.78 is 31.7. The first-order chi connectivity index (χ1) is 8.90. The lowest BCUT2D eigenvalue weighted by Gasteiger charge is -2.12. The van der Waals surface area contributed by atoms with Gasteiger partial charge in [0.25, 0.3) is 5.69 Å². The summed E-state index contributed by atoms with van der Waals surface area (Å²) in [5, 5.41) is 10.7. The Labute approximate surface area is 109 Å². The van der Waals surface area contributed by atoms with Crippen LogP contribution in [0.5, 0.6) is 0 Å². The number of nitrogens with zero attached hydrogens (tertiary/aromatic N) is 1. The van der Waals surface area contributed by atoms with Crippen LogP contribution >= 0.6 is 0 Å². The minimum Gasteiger partial charge on any atom is -0.398 e. The van der Waals surface area contributed by atoms with E-state index in [1.807, 2.05) is 0 Å². The zero-order chi connectivity index (χ0) is 14.0. The second-order valence-electron chi connectivity index (χ2n) is 4.16. The Balaban J connectivity index is 2.33. The number of non-ortho nitro benzene ring substituents is 1. The molecular weight excluding hydrogens is 274 g/mol. The maximum atomic E-state index is 12.1. The van der Waals surface area contributed by atoms with Gasteiger partial charge in [-0.15, -0.1) is 0 Å². The molecule has 1 saturated heterocycles. The van der Waals surface area contributed by atoms with Crippen molar-refractivity contribution in [1.29, 1.82) is 0 Å². The molecule has 2 rings (SSSR count). The van der Waals surface area contributed by atoms with E-state index in [0.29, 0.717) is 13.0 Å². The highest BCUT2D eigenvalue weighted by Crippen LogP contribution is 2.24. The molecule has 1 fully saturated rings. The fraction of sp³-hybridized carbons (Fsp3) is 0.400. The Morgan fingerprint density at radius 1 is 1.47 bits per heavy atom. The number of ether oxygens (including phenoxy) is 1. The predicted molar refractivity (Wildman–Crippen MR) is 67.1 cm³/mol. The van der Waals surface area contributed by atoms with Crippen molar-refractivity contribution in [3.05, 3.63) is 28.3 Å². The lowest BCUT2D eigenvalue weighted by atomic mass is 10.3. The van der Waals surface area contributed by atoms with Crippen LogP contribution in [0.2, 0.25) is 0 Å². The molecule has 1 unspecified atom stereocenters. The molecule has 8 nitrogen and oxygen atoms in total. The van der Waals surface area contributed by atoms with Gasteiger partial charge in [0.2, 0.25) is 10.0 Å². The third-order valence-electron chi connectivity index (χ3n) is 2.75. The van der Waals surface area contributed by atoms with Crippen LogP contribution in [0.1, 0.15) is 6.42 Å². The van der Waals surface area contributed by atoms with Gasteiger partial charge in [-0.2, -0.15) is 0 Å². The number of nitrogens with one attached hydrogen (secondary N) is 1. The first-order valence-corrected chi connectivity index (χ1v) is 7.02. The second kappa shape index (κ2) is 5.11. The largest absolute Gasteiger partial charge is 0.398 e. The number of rotatable bonds is 4. The smallest absolute Gasteiger partial charge is 0.270 e. The van der Waals surface area contributed by atoms with E-state index >= 15 is 0 Å². The van der Waals surface area contributed by atoms with Crippen LogP contribution in [0.15, 0.2) is 23.1 Å². The molecule has 0 bridgehead atoms. The van der Waals surface area contributed by atoms with E-state index in [-0.39, 0.29) is 28.9 Å². The Bertz CT molecular complexity index is 595. The number of nitro benzene ring substituents is 1. The number of nitrogens with two attached hydrogens (primary N) is 1. The Morgan fingerprint density at radius 3 is 2.79 bits per heavy atom. The van der Waals surface area contributed by atoms with E-state index in [9.17, 15) is 18.5 Å². The number of nitrogen functional groups attached to an aromatic ring is 1. The van der Waals surface area contributed by atoms with Gasteiger partial charge in [-0.1, -0.05) is 0 Å². The van der Waals surface area contributed by atoms with Crippen molar-refractivity contribution < 1.29 is 18.1 Å². The van der Waals surface area contributed by atoms with Gasteiger partial charge < -0.3 is 10.5 Å². The normalized spacial score (nSPS) is 19.5.